The van der Waals surface area contributed by atoms with Crippen molar-refractivity contribution in [3.63, 3.8) is 0 Å². The van der Waals surface area contributed by atoms with Crippen LogP contribution in [0, 0.1) is 0 Å². The van der Waals surface area contributed by atoms with Gasteiger partial charge in [0.1, 0.15) is 5.82 Å². The van der Waals surface area contributed by atoms with E-state index in [2.05, 4.69) is 20.6 Å². The molecular weight excluding hydrogens is 280 g/mol. The van der Waals surface area contributed by atoms with E-state index in [0.29, 0.717) is 17.7 Å². The second kappa shape index (κ2) is 6.53. The van der Waals surface area contributed by atoms with Gasteiger partial charge in [-0.05, 0) is 25.9 Å². The highest BCUT2D eigenvalue weighted by Gasteiger charge is 2.16. The van der Waals surface area contributed by atoms with E-state index in [9.17, 15) is 9.90 Å². The molecule has 0 bridgehead atoms. The lowest BCUT2D eigenvalue weighted by Crippen LogP contribution is -2.35. The van der Waals surface area contributed by atoms with Gasteiger partial charge in [-0.15, -0.1) is 0 Å². The van der Waals surface area contributed by atoms with Crippen molar-refractivity contribution < 1.29 is 9.90 Å². The summed E-state index contributed by atoms with van der Waals surface area (Å²) in [6.07, 6.45) is 1.99. The van der Waals surface area contributed by atoms with Gasteiger partial charge in [-0.3, -0.25) is 0 Å². The largest absolute Gasteiger partial charge is 0.477 e. The number of nitrogens with one attached hydrogen (secondary N) is 2. The summed E-state index contributed by atoms with van der Waals surface area (Å²) in [6, 6.07) is 11.2. The smallest absolute Gasteiger partial charge is 0.354 e. The second-order valence-electron chi connectivity index (χ2n) is 5.30. The standard InChI is InChI=1S/C16H18N4O2/c21-16(22)13-10-14(18-12-6-8-17-9-7-12)20-15(19-13)11-4-2-1-3-5-11/h1-5,10,12,17H,6-9H2,(H,21,22)(H,18,19,20). The summed E-state index contributed by atoms with van der Waals surface area (Å²) < 4.78 is 0. The van der Waals surface area contributed by atoms with E-state index in [4.69, 9.17) is 0 Å². The SMILES string of the molecule is O=C(O)c1cc(NC2CCNCC2)nc(-c2ccccc2)n1. The molecule has 6 nitrogen and oxygen atoms in total. The quantitative estimate of drug-likeness (QED) is 0.800. The highest BCUT2D eigenvalue weighted by Crippen LogP contribution is 2.19. The average Bonchev–Trinajstić information content (AvgIpc) is 2.56. The second-order valence-corrected chi connectivity index (χ2v) is 5.30. The fourth-order valence-corrected chi connectivity index (χ4v) is 2.52. The molecule has 0 atom stereocenters. The van der Waals surface area contributed by atoms with Gasteiger partial charge in [0, 0.05) is 17.7 Å². The lowest BCUT2D eigenvalue weighted by molar-refractivity contribution is 0.0690. The predicted molar refractivity (Wildman–Crippen MR) is 83.9 cm³/mol. The third kappa shape index (κ3) is 3.40. The first-order valence-corrected chi connectivity index (χ1v) is 7.37. The molecule has 3 rings (SSSR count). The van der Waals surface area contributed by atoms with Crippen LogP contribution in [0.25, 0.3) is 11.4 Å². The topological polar surface area (TPSA) is 87.1 Å². The maximum Gasteiger partial charge on any atom is 0.354 e. The van der Waals surface area contributed by atoms with Crippen LogP contribution >= 0.6 is 0 Å². The molecule has 0 spiro atoms. The highest BCUT2D eigenvalue weighted by atomic mass is 16.4. The van der Waals surface area contributed by atoms with Gasteiger partial charge in [0.25, 0.3) is 0 Å². The van der Waals surface area contributed by atoms with Gasteiger partial charge in [0.2, 0.25) is 0 Å². The zero-order valence-electron chi connectivity index (χ0n) is 12.1. The molecule has 0 radical (unpaired) electrons. The molecule has 22 heavy (non-hydrogen) atoms. The summed E-state index contributed by atoms with van der Waals surface area (Å²) in [7, 11) is 0. The molecule has 0 saturated carbocycles. The number of hydrogen-bond acceptors (Lipinski definition) is 5. The third-order valence-electron chi connectivity index (χ3n) is 3.67. The van der Waals surface area contributed by atoms with Crippen molar-refractivity contribution in [2.75, 3.05) is 18.4 Å². The Balaban J connectivity index is 1.91. The number of aromatic carboxylic acids is 1. The Morgan fingerprint density at radius 1 is 1.18 bits per heavy atom. The van der Waals surface area contributed by atoms with Crippen LogP contribution in [0.2, 0.25) is 0 Å². The van der Waals surface area contributed by atoms with E-state index in [1.807, 2.05) is 30.3 Å². The number of hydrogen-bond donors (Lipinski definition) is 3. The van der Waals surface area contributed by atoms with Gasteiger partial charge in [-0.2, -0.15) is 0 Å². The Morgan fingerprint density at radius 2 is 1.91 bits per heavy atom. The minimum atomic E-state index is -1.05. The number of carboxylic acids is 1. The maximum absolute atomic E-state index is 11.3. The van der Waals surface area contributed by atoms with Gasteiger partial charge in [-0.1, -0.05) is 30.3 Å². The third-order valence-corrected chi connectivity index (χ3v) is 3.67. The molecule has 1 aliphatic rings. The number of rotatable bonds is 4. The summed E-state index contributed by atoms with van der Waals surface area (Å²) >= 11 is 0. The van der Waals surface area contributed by atoms with Crippen LogP contribution in [-0.2, 0) is 0 Å². The molecule has 0 unspecified atom stereocenters. The van der Waals surface area contributed by atoms with Crippen LogP contribution in [0.15, 0.2) is 36.4 Å². The Morgan fingerprint density at radius 3 is 2.59 bits per heavy atom. The zero-order chi connectivity index (χ0) is 15.4. The number of piperidine rings is 1. The van der Waals surface area contributed by atoms with Crippen molar-refractivity contribution in [2.24, 2.45) is 0 Å². The molecule has 2 heterocycles. The van der Waals surface area contributed by atoms with Gasteiger partial charge in [0.05, 0.1) is 0 Å². The van der Waals surface area contributed by atoms with E-state index in [1.165, 1.54) is 6.07 Å². The molecule has 3 N–H and O–H groups in total. The number of carbonyl (C=O) groups is 1. The van der Waals surface area contributed by atoms with Gasteiger partial charge in [0.15, 0.2) is 11.5 Å². The van der Waals surface area contributed by atoms with Crippen LogP contribution in [0.4, 0.5) is 5.82 Å². The lowest BCUT2D eigenvalue weighted by Gasteiger charge is -2.24. The Kier molecular flexibility index (Phi) is 4.29. The van der Waals surface area contributed by atoms with Crippen LogP contribution in [0.3, 0.4) is 0 Å². The minimum absolute atomic E-state index is 0.00490. The molecule has 0 aliphatic carbocycles. The van der Waals surface area contributed by atoms with Crippen molar-refractivity contribution in [2.45, 2.75) is 18.9 Å². The summed E-state index contributed by atoms with van der Waals surface area (Å²) in [5, 5.41) is 15.9. The van der Waals surface area contributed by atoms with Crippen molar-refractivity contribution in [3.8, 4) is 11.4 Å². The van der Waals surface area contributed by atoms with Gasteiger partial charge in [-0.25, -0.2) is 14.8 Å². The molecule has 1 fully saturated rings. The molecule has 1 saturated heterocycles. The van der Waals surface area contributed by atoms with Crippen LogP contribution in [-0.4, -0.2) is 40.2 Å². The van der Waals surface area contributed by atoms with Crippen LogP contribution < -0.4 is 10.6 Å². The van der Waals surface area contributed by atoms with Crippen LogP contribution in [0.5, 0.6) is 0 Å². The van der Waals surface area contributed by atoms with E-state index in [1.54, 1.807) is 0 Å². The summed E-state index contributed by atoms with van der Waals surface area (Å²) in [6.45, 7) is 1.92. The summed E-state index contributed by atoms with van der Waals surface area (Å²) in [5.41, 5.74) is 0.809. The summed E-state index contributed by atoms with van der Waals surface area (Å²) in [5.74, 6) is -0.0528. The normalized spacial score (nSPS) is 15.5. The number of aromatic nitrogens is 2. The predicted octanol–water partition coefficient (Wildman–Crippen LogP) is 2.01. The monoisotopic (exact) mass is 298 g/mol. The molecule has 6 heteroatoms. The van der Waals surface area contributed by atoms with Crippen molar-refractivity contribution >= 4 is 11.8 Å². The molecule has 1 aromatic carbocycles. The average molecular weight is 298 g/mol. The van der Waals surface area contributed by atoms with E-state index >= 15 is 0 Å². The minimum Gasteiger partial charge on any atom is -0.477 e. The zero-order valence-corrected chi connectivity index (χ0v) is 12.1. The fraction of sp³-hybridized carbons (Fsp3) is 0.312. The van der Waals surface area contributed by atoms with Crippen molar-refractivity contribution in [1.82, 2.24) is 15.3 Å². The summed E-state index contributed by atoms with van der Waals surface area (Å²) in [4.78, 5) is 19.9. The highest BCUT2D eigenvalue weighted by molar-refractivity contribution is 5.87. The first-order valence-electron chi connectivity index (χ1n) is 7.37. The molecule has 2 aromatic rings. The van der Waals surface area contributed by atoms with Gasteiger partial charge < -0.3 is 15.7 Å². The molecule has 1 aromatic heterocycles. The Bertz CT molecular complexity index is 654. The fourth-order valence-electron chi connectivity index (χ4n) is 2.52. The Hall–Kier alpha value is -2.47. The van der Waals surface area contributed by atoms with Crippen molar-refractivity contribution in [1.29, 1.82) is 0 Å². The number of benzene rings is 1. The number of carboxylic acid groups (broad SMARTS) is 1. The van der Waals surface area contributed by atoms with Crippen molar-refractivity contribution in [3.05, 3.63) is 42.1 Å². The molecule has 114 valence electrons. The number of anilines is 1. The Labute approximate surface area is 128 Å². The molecule has 1 aliphatic heterocycles. The molecular formula is C16H18N4O2. The maximum atomic E-state index is 11.3. The first-order chi connectivity index (χ1) is 10.7. The van der Waals surface area contributed by atoms with Crippen LogP contribution in [0.1, 0.15) is 23.3 Å². The van der Waals surface area contributed by atoms with E-state index < -0.39 is 5.97 Å². The first kappa shape index (κ1) is 14.5. The van der Waals surface area contributed by atoms with E-state index in [-0.39, 0.29) is 5.69 Å². The van der Waals surface area contributed by atoms with Gasteiger partial charge >= 0.3 is 5.97 Å². The lowest BCUT2D eigenvalue weighted by atomic mass is 10.1. The number of nitrogens with zero attached hydrogens (tertiary/aromatic N) is 2. The molecule has 0 amide bonds. The van der Waals surface area contributed by atoms with E-state index in [0.717, 1.165) is 31.5 Å².